The molecule has 0 aliphatic carbocycles. The predicted molar refractivity (Wildman–Crippen MR) is 132 cm³/mol. The summed E-state index contributed by atoms with van der Waals surface area (Å²) < 4.78 is 13.2. The molecule has 0 bridgehead atoms. The number of carbonyl (C=O) groups excluding carboxylic acids is 1. The molecule has 9 heteroatoms. The summed E-state index contributed by atoms with van der Waals surface area (Å²) in [5.41, 5.74) is 2.63. The Morgan fingerprint density at radius 3 is 2.94 bits per heavy atom. The Balaban J connectivity index is 1.41. The molecule has 1 aliphatic heterocycles. The van der Waals surface area contributed by atoms with E-state index in [9.17, 15) is 4.79 Å². The number of nitrogens with zero attached hydrogens (tertiary/aromatic N) is 5. The van der Waals surface area contributed by atoms with Gasteiger partial charge in [-0.2, -0.15) is 5.10 Å². The van der Waals surface area contributed by atoms with Gasteiger partial charge in [-0.25, -0.2) is 9.67 Å². The first kappa shape index (κ1) is 23.2. The van der Waals surface area contributed by atoms with E-state index in [2.05, 4.69) is 34.1 Å². The molecule has 1 N–H and O–H groups in total. The number of pyridine rings is 2. The minimum atomic E-state index is -0.176. The van der Waals surface area contributed by atoms with Gasteiger partial charge in [0.15, 0.2) is 5.65 Å². The van der Waals surface area contributed by atoms with Crippen molar-refractivity contribution in [2.75, 3.05) is 32.8 Å². The molecule has 1 saturated heterocycles. The second-order valence-corrected chi connectivity index (χ2v) is 9.27. The Morgan fingerprint density at radius 2 is 2.17 bits per heavy atom. The van der Waals surface area contributed by atoms with Crippen molar-refractivity contribution in [1.82, 2.24) is 30.0 Å². The number of hydrogen-bond donors (Lipinski definition) is 1. The van der Waals surface area contributed by atoms with Crippen LogP contribution in [0.1, 0.15) is 30.0 Å². The van der Waals surface area contributed by atoms with E-state index >= 15 is 0 Å². The molecule has 1 fully saturated rings. The molecular weight excluding hydrogens is 444 g/mol. The quantitative estimate of drug-likeness (QED) is 0.419. The van der Waals surface area contributed by atoms with Crippen molar-refractivity contribution >= 4 is 16.9 Å². The molecule has 0 spiro atoms. The summed E-state index contributed by atoms with van der Waals surface area (Å²) in [6.45, 7) is 8.74. The zero-order chi connectivity index (χ0) is 24.2. The smallest absolute Gasteiger partial charge is 0.252 e. The Labute approximate surface area is 204 Å². The SMILES string of the molecule is CC(C)CN1CCOC(CNC(=O)c2cc(-c3cccnc3)nc3c2cnn3Cc2ccco2)C1. The van der Waals surface area contributed by atoms with Gasteiger partial charge in [0.1, 0.15) is 12.3 Å². The van der Waals surface area contributed by atoms with Gasteiger partial charge in [0, 0.05) is 44.1 Å². The van der Waals surface area contributed by atoms with Gasteiger partial charge >= 0.3 is 0 Å². The largest absolute Gasteiger partial charge is 0.467 e. The van der Waals surface area contributed by atoms with Gasteiger partial charge in [-0.15, -0.1) is 0 Å². The first-order chi connectivity index (χ1) is 17.1. The van der Waals surface area contributed by atoms with Crippen LogP contribution in [0.3, 0.4) is 0 Å². The molecule has 0 saturated carbocycles. The lowest BCUT2D eigenvalue weighted by Crippen LogP contribution is -2.48. The van der Waals surface area contributed by atoms with Crippen LogP contribution in [0.25, 0.3) is 22.3 Å². The van der Waals surface area contributed by atoms with Gasteiger partial charge < -0.3 is 14.5 Å². The molecule has 5 heterocycles. The van der Waals surface area contributed by atoms with Gasteiger partial charge in [0.25, 0.3) is 5.91 Å². The van der Waals surface area contributed by atoms with E-state index < -0.39 is 0 Å². The fourth-order valence-electron chi connectivity index (χ4n) is 4.45. The molecule has 4 aromatic rings. The van der Waals surface area contributed by atoms with Crippen molar-refractivity contribution in [3.05, 3.63) is 66.5 Å². The number of hydrogen-bond acceptors (Lipinski definition) is 7. The highest BCUT2D eigenvalue weighted by molar-refractivity contribution is 6.06. The molecule has 0 radical (unpaired) electrons. The number of furan rings is 1. The fraction of sp³-hybridized carbons (Fsp3) is 0.385. The molecule has 5 rings (SSSR count). The second-order valence-electron chi connectivity index (χ2n) is 9.27. The maximum absolute atomic E-state index is 13.4. The Bertz CT molecular complexity index is 1270. The van der Waals surface area contributed by atoms with Gasteiger partial charge in [-0.05, 0) is 36.2 Å². The number of carbonyl (C=O) groups is 1. The van der Waals surface area contributed by atoms with Crippen molar-refractivity contribution in [1.29, 1.82) is 0 Å². The summed E-state index contributed by atoms with van der Waals surface area (Å²) in [5, 5.41) is 8.27. The molecule has 1 aliphatic rings. The lowest BCUT2D eigenvalue weighted by molar-refractivity contribution is -0.0295. The lowest BCUT2D eigenvalue weighted by atomic mass is 10.1. The topological polar surface area (TPSA) is 98.3 Å². The van der Waals surface area contributed by atoms with Crippen LogP contribution in [-0.2, 0) is 11.3 Å². The van der Waals surface area contributed by atoms with Crippen molar-refractivity contribution in [2.24, 2.45) is 5.92 Å². The first-order valence-electron chi connectivity index (χ1n) is 12.0. The Hall–Kier alpha value is -3.56. The normalized spacial score (nSPS) is 16.7. The molecule has 0 aromatic carbocycles. The highest BCUT2D eigenvalue weighted by Gasteiger charge is 2.23. The zero-order valence-electron chi connectivity index (χ0n) is 20.1. The molecule has 1 amide bonds. The second kappa shape index (κ2) is 10.4. The summed E-state index contributed by atoms with van der Waals surface area (Å²) in [7, 11) is 0. The van der Waals surface area contributed by atoms with Gasteiger partial charge in [0.2, 0.25) is 0 Å². The van der Waals surface area contributed by atoms with Crippen LogP contribution >= 0.6 is 0 Å². The predicted octanol–water partition coefficient (Wildman–Crippen LogP) is 3.22. The number of morpholine rings is 1. The monoisotopic (exact) mass is 474 g/mol. The molecular formula is C26H30N6O3. The summed E-state index contributed by atoms with van der Waals surface area (Å²) in [6.07, 6.45) is 6.73. The zero-order valence-corrected chi connectivity index (χ0v) is 20.1. The minimum absolute atomic E-state index is 0.0387. The number of aromatic nitrogens is 4. The third-order valence-electron chi connectivity index (χ3n) is 6.03. The number of fused-ring (bicyclic) bond motifs is 1. The molecule has 1 atom stereocenters. The Kier molecular flexibility index (Phi) is 6.87. The number of nitrogens with one attached hydrogen (secondary N) is 1. The lowest BCUT2D eigenvalue weighted by Gasteiger charge is -2.34. The standard InChI is InChI=1S/C26H30N6O3/c1-18(2)15-31-8-10-35-21(16-31)13-28-26(33)22-11-24(19-5-3-7-27-12-19)30-25-23(22)14-29-32(25)17-20-6-4-9-34-20/h3-7,9,11-12,14,18,21H,8,10,13,15-17H2,1-2H3,(H,28,33). The van der Waals surface area contributed by atoms with E-state index in [1.807, 2.05) is 24.3 Å². The van der Waals surface area contributed by atoms with Crippen LogP contribution in [0.5, 0.6) is 0 Å². The van der Waals surface area contributed by atoms with Crippen LogP contribution < -0.4 is 5.32 Å². The molecule has 9 nitrogen and oxygen atoms in total. The van der Waals surface area contributed by atoms with E-state index in [4.69, 9.17) is 14.1 Å². The summed E-state index contributed by atoms with van der Waals surface area (Å²) >= 11 is 0. The fourth-order valence-corrected chi connectivity index (χ4v) is 4.45. The van der Waals surface area contributed by atoms with Crippen LogP contribution in [0.4, 0.5) is 0 Å². The highest BCUT2D eigenvalue weighted by Crippen LogP contribution is 2.25. The average molecular weight is 475 g/mol. The Morgan fingerprint density at radius 1 is 1.26 bits per heavy atom. The highest BCUT2D eigenvalue weighted by atomic mass is 16.5. The van der Waals surface area contributed by atoms with Crippen LogP contribution in [0.15, 0.2) is 59.6 Å². The van der Waals surface area contributed by atoms with E-state index in [0.717, 1.165) is 31.0 Å². The maximum atomic E-state index is 13.4. The third-order valence-corrected chi connectivity index (χ3v) is 6.03. The van der Waals surface area contributed by atoms with Gasteiger partial charge in [0.05, 0.1) is 41.8 Å². The van der Waals surface area contributed by atoms with E-state index in [0.29, 0.717) is 47.9 Å². The summed E-state index contributed by atoms with van der Waals surface area (Å²) in [6, 6.07) is 9.31. The van der Waals surface area contributed by atoms with E-state index in [1.54, 1.807) is 35.6 Å². The van der Waals surface area contributed by atoms with Crippen LogP contribution in [-0.4, -0.2) is 69.4 Å². The molecule has 1 unspecified atom stereocenters. The van der Waals surface area contributed by atoms with Crippen molar-refractivity contribution in [3.63, 3.8) is 0 Å². The van der Waals surface area contributed by atoms with Crippen LogP contribution in [0.2, 0.25) is 0 Å². The third kappa shape index (κ3) is 5.41. The van der Waals surface area contributed by atoms with Crippen molar-refractivity contribution in [2.45, 2.75) is 26.5 Å². The minimum Gasteiger partial charge on any atom is -0.467 e. The first-order valence-corrected chi connectivity index (χ1v) is 12.0. The summed E-state index contributed by atoms with van der Waals surface area (Å²) in [4.78, 5) is 24.8. The van der Waals surface area contributed by atoms with E-state index in [-0.39, 0.29) is 12.0 Å². The average Bonchev–Trinajstić information content (AvgIpc) is 3.53. The molecule has 182 valence electrons. The van der Waals surface area contributed by atoms with Crippen molar-refractivity contribution in [3.8, 4) is 11.3 Å². The maximum Gasteiger partial charge on any atom is 0.252 e. The number of rotatable bonds is 8. The molecule has 4 aromatic heterocycles. The van der Waals surface area contributed by atoms with Gasteiger partial charge in [-0.1, -0.05) is 13.8 Å². The van der Waals surface area contributed by atoms with Crippen LogP contribution in [0, 0.1) is 5.92 Å². The number of ether oxygens (including phenoxy) is 1. The number of amides is 1. The van der Waals surface area contributed by atoms with E-state index in [1.165, 1.54) is 0 Å². The molecule has 35 heavy (non-hydrogen) atoms. The summed E-state index contributed by atoms with van der Waals surface area (Å²) in [5.74, 6) is 1.18. The van der Waals surface area contributed by atoms with Crippen molar-refractivity contribution < 1.29 is 13.9 Å². The van der Waals surface area contributed by atoms with Gasteiger partial charge in [-0.3, -0.25) is 14.7 Å².